The van der Waals surface area contributed by atoms with Crippen LogP contribution in [0.1, 0.15) is 12.0 Å². The first-order valence-electron chi connectivity index (χ1n) is 9.77. The lowest BCUT2D eigenvalue weighted by Gasteiger charge is -2.37. The van der Waals surface area contributed by atoms with E-state index in [4.69, 9.17) is 22.1 Å². The second-order valence-electron chi connectivity index (χ2n) is 7.62. The molecule has 1 atom stereocenters. The molecule has 1 aliphatic rings. The Morgan fingerprint density at radius 3 is 2.91 bits per heavy atom. The van der Waals surface area contributed by atoms with Crippen molar-refractivity contribution in [3.05, 3.63) is 46.6 Å². The van der Waals surface area contributed by atoms with Crippen molar-refractivity contribution in [1.82, 2.24) is 14.9 Å². The van der Waals surface area contributed by atoms with Gasteiger partial charge in [-0.05, 0) is 37.7 Å². The van der Waals surface area contributed by atoms with Crippen LogP contribution in [0.4, 0.5) is 13.8 Å². The number of nitriles is 1. The smallest absolute Gasteiger partial charge is 0.317 e. The maximum atomic E-state index is 15.8. The Morgan fingerprint density at radius 2 is 2.22 bits per heavy atom. The van der Waals surface area contributed by atoms with Crippen LogP contribution in [-0.2, 0) is 0 Å². The zero-order chi connectivity index (χ0) is 22.6. The van der Waals surface area contributed by atoms with E-state index in [1.165, 1.54) is 24.4 Å². The summed E-state index contributed by atoms with van der Waals surface area (Å²) >= 11 is 7.37. The fourth-order valence-corrected chi connectivity index (χ4v) is 5.12. The van der Waals surface area contributed by atoms with Gasteiger partial charge in [0.25, 0.3) is 0 Å². The molecular weight excluding hydrogens is 456 g/mol. The van der Waals surface area contributed by atoms with Gasteiger partial charge in [0.15, 0.2) is 5.82 Å². The number of fused-ring (bicyclic) bond motifs is 2. The number of hydrogen-bond donors (Lipinski definition) is 1. The van der Waals surface area contributed by atoms with E-state index in [1.807, 2.05) is 13.1 Å². The summed E-state index contributed by atoms with van der Waals surface area (Å²) in [6.45, 7) is 1.41. The van der Waals surface area contributed by atoms with E-state index in [-0.39, 0.29) is 54.4 Å². The predicted octanol–water partition coefficient (Wildman–Crippen LogP) is 4.98. The van der Waals surface area contributed by atoms with E-state index in [0.717, 1.165) is 24.3 Å². The molecule has 1 unspecified atom stereocenters. The molecule has 1 fully saturated rings. The molecule has 0 bridgehead atoms. The largest absolute Gasteiger partial charge is 0.462 e. The van der Waals surface area contributed by atoms with Gasteiger partial charge in [0.2, 0.25) is 0 Å². The minimum absolute atomic E-state index is 0.0156. The highest BCUT2D eigenvalue weighted by atomic mass is 35.5. The molecule has 4 aromatic rings. The third kappa shape index (κ3) is 3.23. The number of anilines is 1. The van der Waals surface area contributed by atoms with Gasteiger partial charge in [-0.3, -0.25) is 4.90 Å². The van der Waals surface area contributed by atoms with E-state index in [2.05, 4.69) is 14.9 Å². The first-order chi connectivity index (χ1) is 15.4. The molecule has 3 heterocycles. The summed E-state index contributed by atoms with van der Waals surface area (Å²) in [5, 5.41) is 10.4. The molecule has 2 N–H and O–H groups in total. The summed E-state index contributed by atoms with van der Waals surface area (Å²) in [4.78, 5) is 10.6. The summed E-state index contributed by atoms with van der Waals surface area (Å²) in [5.41, 5.74) is 6.31. The molecule has 2 aromatic heterocycles. The average molecular weight is 472 g/mol. The van der Waals surface area contributed by atoms with E-state index in [9.17, 15) is 9.65 Å². The molecule has 0 saturated carbocycles. The van der Waals surface area contributed by atoms with Crippen molar-refractivity contribution in [2.24, 2.45) is 0 Å². The third-order valence-electron chi connectivity index (χ3n) is 5.79. The van der Waals surface area contributed by atoms with Gasteiger partial charge in [-0.2, -0.15) is 10.2 Å². The van der Waals surface area contributed by atoms with Crippen LogP contribution in [0, 0.1) is 23.0 Å². The quantitative estimate of drug-likeness (QED) is 0.451. The van der Waals surface area contributed by atoms with E-state index in [1.54, 1.807) is 0 Å². The Bertz CT molecular complexity index is 1430. The number of likely N-dealkylation sites (tertiary alicyclic amines) is 1. The first-order valence-corrected chi connectivity index (χ1v) is 11.0. The number of nitrogen functional groups attached to an aromatic ring is 1. The highest BCUT2D eigenvalue weighted by Gasteiger charge is 2.26. The summed E-state index contributed by atoms with van der Waals surface area (Å²) in [5.74, 6) is -1.25. The van der Waals surface area contributed by atoms with Crippen LogP contribution in [0.5, 0.6) is 6.01 Å². The number of hydrogen-bond acceptors (Lipinski definition) is 7. The standard InChI is InChI=1S/C22H16ClF2N5OS/c1-30-5-4-11(30)9-31-22-28-8-10-6-14(23)17(18(25)19(10)29-22)12-2-3-15(24)20-16(12)13(7-26)21(27)32-20/h2-3,6,8,11H,4-5,9,27H2,1H3. The molecule has 162 valence electrons. The normalized spacial score (nSPS) is 16.3. The Kier molecular flexibility index (Phi) is 5.08. The minimum atomic E-state index is -0.706. The fraction of sp³-hybridized carbons (Fsp3) is 0.227. The molecule has 5 rings (SSSR count). The van der Waals surface area contributed by atoms with Gasteiger partial charge in [0, 0.05) is 28.6 Å². The molecule has 2 aromatic carbocycles. The lowest BCUT2D eigenvalue weighted by molar-refractivity contribution is 0.0732. The van der Waals surface area contributed by atoms with Crippen molar-refractivity contribution >= 4 is 48.9 Å². The van der Waals surface area contributed by atoms with Crippen molar-refractivity contribution < 1.29 is 13.5 Å². The summed E-state index contributed by atoms with van der Waals surface area (Å²) in [7, 11) is 2.00. The van der Waals surface area contributed by atoms with Crippen molar-refractivity contribution in [3.63, 3.8) is 0 Å². The average Bonchev–Trinajstić information content (AvgIpc) is 3.11. The summed E-state index contributed by atoms with van der Waals surface area (Å²) < 4.78 is 36.0. The van der Waals surface area contributed by atoms with Gasteiger partial charge in [0.05, 0.1) is 15.3 Å². The summed E-state index contributed by atoms with van der Waals surface area (Å²) in [6.07, 6.45) is 2.47. The lowest BCUT2D eigenvalue weighted by atomic mass is 9.97. The minimum Gasteiger partial charge on any atom is -0.462 e. The topological polar surface area (TPSA) is 88.1 Å². The Hall–Kier alpha value is -3.06. The Labute approximate surface area is 190 Å². The van der Waals surface area contributed by atoms with Crippen LogP contribution in [-0.4, -0.2) is 41.1 Å². The van der Waals surface area contributed by atoms with Gasteiger partial charge in [0.1, 0.15) is 29.0 Å². The number of thiophene rings is 1. The van der Waals surface area contributed by atoms with Crippen LogP contribution in [0.15, 0.2) is 24.4 Å². The molecule has 6 nitrogen and oxygen atoms in total. The number of benzene rings is 2. The van der Waals surface area contributed by atoms with Crippen LogP contribution in [0.3, 0.4) is 0 Å². The van der Waals surface area contributed by atoms with Crippen LogP contribution in [0.25, 0.3) is 32.1 Å². The highest BCUT2D eigenvalue weighted by Crippen LogP contribution is 2.44. The van der Waals surface area contributed by atoms with Gasteiger partial charge < -0.3 is 10.5 Å². The van der Waals surface area contributed by atoms with Gasteiger partial charge >= 0.3 is 6.01 Å². The van der Waals surface area contributed by atoms with Gasteiger partial charge in [-0.25, -0.2) is 13.8 Å². The maximum absolute atomic E-state index is 15.8. The number of likely N-dealkylation sites (N-methyl/N-ethyl adjacent to an activating group) is 1. The van der Waals surface area contributed by atoms with E-state index >= 15 is 4.39 Å². The van der Waals surface area contributed by atoms with Crippen molar-refractivity contribution in [1.29, 1.82) is 5.26 Å². The molecule has 0 aliphatic carbocycles. The first kappa shape index (κ1) is 20.8. The van der Waals surface area contributed by atoms with E-state index in [0.29, 0.717) is 12.0 Å². The molecule has 0 radical (unpaired) electrons. The number of rotatable bonds is 4. The highest BCUT2D eigenvalue weighted by molar-refractivity contribution is 7.23. The predicted molar refractivity (Wildman–Crippen MR) is 121 cm³/mol. The Morgan fingerprint density at radius 1 is 1.41 bits per heavy atom. The third-order valence-corrected chi connectivity index (χ3v) is 7.11. The van der Waals surface area contributed by atoms with E-state index < -0.39 is 11.6 Å². The van der Waals surface area contributed by atoms with Crippen molar-refractivity contribution in [3.8, 4) is 23.2 Å². The number of halogens is 3. The molecule has 32 heavy (non-hydrogen) atoms. The van der Waals surface area contributed by atoms with Gasteiger partial charge in [-0.15, -0.1) is 11.3 Å². The zero-order valence-corrected chi connectivity index (χ0v) is 18.4. The fourth-order valence-electron chi connectivity index (χ4n) is 3.86. The number of ether oxygens (including phenoxy) is 1. The second-order valence-corrected chi connectivity index (χ2v) is 9.08. The lowest BCUT2D eigenvalue weighted by Crippen LogP contribution is -2.48. The SMILES string of the molecule is CN1CCC1COc1ncc2cc(Cl)c(-c3ccc(F)c4sc(N)c(C#N)c34)c(F)c2n1. The van der Waals surface area contributed by atoms with Crippen molar-refractivity contribution in [2.45, 2.75) is 12.5 Å². The molecular formula is C22H16ClF2N5OS. The molecule has 1 aliphatic heterocycles. The number of nitrogens with two attached hydrogens (primary N) is 1. The Balaban J connectivity index is 1.66. The zero-order valence-electron chi connectivity index (χ0n) is 16.8. The maximum Gasteiger partial charge on any atom is 0.317 e. The van der Waals surface area contributed by atoms with Crippen molar-refractivity contribution in [2.75, 3.05) is 25.9 Å². The van der Waals surface area contributed by atoms with Crippen LogP contribution in [0.2, 0.25) is 5.02 Å². The molecule has 0 amide bonds. The molecule has 1 saturated heterocycles. The number of aromatic nitrogens is 2. The number of nitrogens with zero attached hydrogens (tertiary/aromatic N) is 4. The monoisotopic (exact) mass is 471 g/mol. The summed E-state index contributed by atoms with van der Waals surface area (Å²) in [6, 6.07) is 6.47. The van der Waals surface area contributed by atoms with Crippen LogP contribution < -0.4 is 10.5 Å². The molecule has 10 heteroatoms. The molecule has 0 spiro atoms. The van der Waals surface area contributed by atoms with Crippen LogP contribution >= 0.6 is 22.9 Å². The van der Waals surface area contributed by atoms with Gasteiger partial charge in [-0.1, -0.05) is 17.7 Å². The second kappa shape index (κ2) is 7.81.